The molecule has 0 heterocycles. The van der Waals surface area contributed by atoms with Gasteiger partial charge in [-0.25, -0.2) is 0 Å². The Morgan fingerprint density at radius 2 is 0.914 bits per heavy atom. The molecule has 5 aliphatic carbocycles. The second-order valence-corrected chi connectivity index (χ2v) is 12.5. The summed E-state index contributed by atoms with van der Waals surface area (Å²) in [7, 11) is 0. The van der Waals surface area contributed by atoms with E-state index in [2.05, 4.69) is 60.7 Å². The molecule has 5 aliphatic rings. The molecule has 0 spiro atoms. The van der Waals surface area contributed by atoms with Crippen LogP contribution in [0.4, 0.5) is 0 Å². The first kappa shape index (κ1) is 22.1. The molecule has 2 aromatic rings. The first-order valence-electron chi connectivity index (χ1n) is 15.0. The lowest BCUT2D eigenvalue weighted by Gasteiger charge is -2.41. The van der Waals surface area contributed by atoms with Crippen molar-refractivity contribution in [1.82, 2.24) is 0 Å². The minimum absolute atomic E-state index is 0.346. The van der Waals surface area contributed by atoms with Gasteiger partial charge in [0.1, 0.15) is 0 Å². The third kappa shape index (κ3) is 3.61. The van der Waals surface area contributed by atoms with Gasteiger partial charge < -0.3 is 0 Å². The molecular weight excluding hydrogens is 420 g/mol. The zero-order chi connectivity index (χ0) is 23.2. The maximum atomic E-state index is 2.82. The number of rotatable bonds is 4. The van der Waals surface area contributed by atoms with E-state index in [9.17, 15) is 0 Å². The van der Waals surface area contributed by atoms with Crippen LogP contribution >= 0.6 is 0 Å². The molecule has 0 saturated heterocycles. The van der Waals surface area contributed by atoms with E-state index in [4.69, 9.17) is 0 Å². The minimum Gasteiger partial charge on any atom is -0.0723 e. The van der Waals surface area contributed by atoms with Crippen LogP contribution in [0.1, 0.15) is 124 Å². The zero-order valence-electron chi connectivity index (χ0n) is 21.5. The van der Waals surface area contributed by atoms with E-state index in [1.54, 1.807) is 33.4 Å². The highest BCUT2D eigenvalue weighted by Crippen LogP contribution is 2.64. The van der Waals surface area contributed by atoms with E-state index >= 15 is 0 Å². The Balaban J connectivity index is 1.34. The first-order valence-corrected chi connectivity index (χ1v) is 15.0. The van der Waals surface area contributed by atoms with Crippen molar-refractivity contribution in [3.63, 3.8) is 0 Å². The molecule has 0 amide bonds. The van der Waals surface area contributed by atoms with Crippen LogP contribution in [0, 0.1) is 17.3 Å². The summed E-state index contributed by atoms with van der Waals surface area (Å²) in [5, 5.41) is 0. The molecule has 0 heteroatoms. The Morgan fingerprint density at radius 1 is 0.486 bits per heavy atom. The molecule has 182 valence electrons. The van der Waals surface area contributed by atoms with Crippen LogP contribution in [0.2, 0.25) is 0 Å². The number of fused-ring (bicyclic) bond motifs is 2. The highest BCUT2D eigenvalue weighted by atomic mass is 14.5. The predicted octanol–water partition coefficient (Wildman–Crippen LogP) is 10.1. The average Bonchev–Trinajstić information content (AvgIpc) is 3.66. The van der Waals surface area contributed by atoms with Gasteiger partial charge in [0.2, 0.25) is 0 Å². The molecule has 2 unspecified atom stereocenters. The molecule has 2 aromatic carbocycles. The molecular formula is C35H42. The highest BCUT2D eigenvalue weighted by molar-refractivity contribution is 5.79. The third-order valence-corrected chi connectivity index (χ3v) is 10.8. The summed E-state index contributed by atoms with van der Waals surface area (Å²) in [5.74, 6) is 2.74. The second-order valence-electron chi connectivity index (χ2n) is 12.5. The second kappa shape index (κ2) is 9.10. The largest absolute Gasteiger partial charge is 0.0723 e. The van der Waals surface area contributed by atoms with Crippen molar-refractivity contribution in [1.29, 1.82) is 0 Å². The quantitative estimate of drug-likeness (QED) is 0.424. The summed E-state index contributed by atoms with van der Waals surface area (Å²) < 4.78 is 0. The van der Waals surface area contributed by atoms with Crippen molar-refractivity contribution in [3.05, 3.63) is 82.9 Å². The molecule has 0 aliphatic heterocycles. The molecule has 3 fully saturated rings. The van der Waals surface area contributed by atoms with Crippen LogP contribution in [-0.4, -0.2) is 0 Å². The summed E-state index contributed by atoms with van der Waals surface area (Å²) >= 11 is 0. The van der Waals surface area contributed by atoms with E-state index in [1.165, 1.54) is 89.9 Å². The zero-order valence-corrected chi connectivity index (χ0v) is 21.5. The number of allylic oxidation sites excluding steroid dienone is 4. The highest BCUT2D eigenvalue weighted by Gasteiger charge is 2.51. The Labute approximate surface area is 212 Å². The molecule has 7 rings (SSSR count). The van der Waals surface area contributed by atoms with E-state index in [1.807, 2.05) is 0 Å². The normalized spacial score (nSPS) is 28.5. The Bertz CT molecular complexity index is 1040. The fourth-order valence-electron chi connectivity index (χ4n) is 9.12. The Hall–Kier alpha value is -2.08. The Kier molecular flexibility index (Phi) is 5.76. The molecule has 2 atom stereocenters. The first-order chi connectivity index (χ1) is 17.4. The van der Waals surface area contributed by atoms with E-state index < -0.39 is 0 Å². The van der Waals surface area contributed by atoms with Crippen LogP contribution in [0.15, 0.2) is 60.7 Å². The third-order valence-electron chi connectivity index (χ3n) is 10.8. The van der Waals surface area contributed by atoms with Crippen molar-refractivity contribution in [2.45, 2.75) is 102 Å². The van der Waals surface area contributed by atoms with Crippen molar-refractivity contribution >= 4 is 11.1 Å². The average molecular weight is 463 g/mol. The smallest absolute Gasteiger partial charge is 0.00954 e. The number of benzene rings is 2. The minimum atomic E-state index is 0.346. The van der Waals surface area contributed by atoms with Crippen LogP contribution in [0.3, 0.4) is 0 Å². The molecule has 35 heavy (non-hydrogen) atoms. The molecule has 0 bridgehead atoms. The molecule has 3 saturated carbocycles. The number of hydrogen-bond acceptors (Lipinski definition) is 0. The monoisotopic (exact) mass is 462 g/mol. The maximum Gasteiger partial charge on any atom is 0.00954 e. The molecule has 0 N–H and O–H groups in total. The lowest BCUT2D eigenvalue weighted by atomic mass is 9.62. The molecule has 0 radical (unpaired) electrons. The van der Waals surface area contributed by atoms with Gasteiger partial charge in [-0.05, 0) is 89.2 Å². The lowest BCUT2D eigenvalue weighted by Crippen LogP contribution is -2.30. The SMILES string of the molecule is C1=C(C2CCCCC2)c2ccccc2C1C1(C2C=C(C3CCCCC3)c3ccccc32)CCCC1. The van der Waals surface area contributed by atoms with Crippen molar-refractivity contribution in [2.24, 2.45) is 17.3 Å². The summed E-state index contributed by atoms with van der Waals surface area (Å²) in [5.41, 5.74) is 10.3. The van der Waals surface area contributed by atoms with Gasteiger partial charge in [0.25, 0.3) is 0 Å². The van der Waals surface area contributed by atoms with E-state index in [0.717, 1.165) is 11.8 Å². The van der Waals surface area contributed by atoms with Gasteiger partial charge in [-0.2, -0.15) is 0 Å². The predicted molar refractivity (Wildman–Crippen MR) is 148 cm³/mol. The van der Waals surface area contributed by atoms with Gasteiger partial charge in [0.15, 0.2) is 0 Å². The fraction of sp³-hybridized carbons (Fsp3) is 0.543. The van der Waals surface area contributed by atoms with Crippen molar-refractivity contribution in [3.8, 4) is 0 Å². The van der Waals surface area contributed by atoms with Crippen LogP contribution in [0.5, 0.6) is 0 Å². The maximum absolute atomic E-state index is 2.82. The van der Waals surface area contributed by atoms with Gasteiger partial charge in [-0.15, -0.1) is 0 Å². The lowest BCUT2D eigenvalue weighted by molar-refractivity contribution is 0.232. The summed E-state index contributed by atoms with van der Waals surface area (Å²) in [6.45, 7) is 0. The fourth-order valence-corrected chi connectivity index (χ4v) is 9.12. The topological polar surface area (TPSA) is 0 Å². The van der Waals surface area contributed by atoms with Crippen LogP contribution in [-0.2, 0) is 0 Å². The molecule has 0 nitrogen and oxygen atoms in total. The Morgan fingerprint density at radius 3 is 1.37 bits per heavy atom. The standard InChI is InChI=1S/C35H42/c1-3-13-25(14-4-1)31-23-33(29-19-9-7-17-27(29)31)35(21-11-12-22-35)34-24-32(26-15-5-2-6-16-26)28-18-8-10-20-30(28)34/h7-10,17-20,23-26,33-34H,1-6,11-16,21-22H2. The molecule has 0 aromatic heterocycles. The number of hydrogen-bond donors (Lipinski definition) is 0. The van der Waals surface area contributed by atoms with Gasteiger partial charge in [-0.1, -0.05) is 112 Å². The summed E-state index contributed by atoms with van der Waals surface area (Å²) in [6, 6.07) is 19.2. The van der Waals surface area contributed by atoms with Crippen LogP contribution < -0.4 is 0 Å². The van der Waals surface area contributed by atoms with Gasteiger partial charge >= 0.3 is 0 Å². The summed E-state index contributed by atoms with van der Waals surface area (Å²) in [6.07, 6.45) is 25.4. The van der Waals surface area contributed by atoms with Crippen molar-refractivity contribution < 1.29 is 0 Å². The van der Waals surface area contributed by atoms with Crippen LogP contribution in [0.25, 0.3) is 11.1 Å². The summed E-state index contributed by atoms with van der Waals surface area (Å²) in [4.78, 5) is 0. The van der Waals surface area contributed by atoms with Crippen molar-refractivity contribution in [2.75, 3.05) is 0 Å². The van der Waals surface area contributed by atoms with Gasteiger partial charge in [-0.3, -0.25) is 0 Å². The van der Waals surface area contributed by atoms with Gasteiger partial charge in [0, 0.05) is 11.8 Å². The van der Waals surface area contributed by atoms with Gasteiger partial charge in [0.05, 0.1) is 0 Å². The van der Waals surface area contributed by atoms with E-state index in [0.29, 0.717) is 17.3 Å². The van der Waals surface area contributed by atoms with E-state index in [-0.39, 0.29) is 0 Å².